The average Bonchev–Trinajstić information content (AvgIpc) is 2.53. The minimum atomic E-state index is 0.801. The molecule has 60 valence electrons. The standard InChI is InChI=1S/C9H13NS/c1-10-6-8-3-2-7-4-5-11-9(7)8/h4-5,8,10H,2-3,6H2,1H3/t8-/m0/s1. The fraction of sp³-hybridized carbons (Fsp3) is 0.556. The van der Waals surface area contributed by atoms with Gasteiger partial charge in [-0.05, 0) is 36.9 Å². The Hall–Kier alpha value is -0.340. The van der Waals surface area contributed by atoms with E-state index in [9.17, 15) is 0 Å². The van der Waals surface area contributed by atoms with Crippen LogP contribution in [0.15, 0.2) is 11.4 Å². The molecular formula is C9H13NS. The fourth-order valence-corrected chi connectivity index (χ4v) is 2.91. The van der Waals surface area contributed by atoms with Crippen molar-refractivity contribution in [3.05, 3.63) is 21.9 Å². The zero-order valence-electron chi connectivity index (χ0n) is 6.76. The van der Waals surface area contributed by atoms with Crippen LogP contribution in [0.3, 0.4) is 0 Å². The number of likely N-dealkylation sites (N-methyl/N-ethyl adjacent to an activating group) is 1. The second-order valence-corrected chi connectivity index (χ2v) is 4.05. The summed E-state index contributed by atoms with van der Waals surface area (Å²) in [6.45, 7) is 1.15. The highest BCUT2D eigenvalue weighted by Gasteiger charge is 2.22. The summed E-state index contributed by atoms with van der Waals surface area (Å²) in [6.07, 6.45) is 2.65. The van der Waals surface area contributed by atoms with Crippen molar-refractivity contribution in [2.45, 2.75) is 18.8 Å². The lowest BCUT2D eigenvalue weighted by Gasteiger charge is -2.06. The van der Waals surface area contributed by atoms with Crippen LogP contribution in [0.4, 0.5) is 0 Å². The molecule has 1 aromatic rings. The molecule has 0 fully saturated rings. The number of nitrogens with one attached hydrogen (secondary N) is 1. The Labute approximate surface area is 71.4 Å². The summed E-state index contributed by atoms with van der Waals surface area (Å²) >= 11 is 1.92. The molecule has 0 aliphatic heterocycles. The molecule has 0 spiro atoms. The number of aryl methyl sites for hydroxylation is 1. The molecular weight excluding hydrogens is 154 g/mol. The Morgan fingerprint density at radius 3 is 3.45 bits per heavy atom. The smallest absolute Gasteiger partial charge is 0.0121 e. The third kappa shape index (κ3) is 1.21. The van der Waals surface area contributed by atoms with Crippen molar-refractivity contribution in [1.29, 1.82) is 0 Å². The third-order valence-electron chi connectivity index (χ3n) is 2.36. The Morgan fingerprint density at radius 2 is 2.64 bits per heavy atom. The summed E-state index contributed by atoms with van der Waals surface area (Å²) in [7, 11) is 2.03. The molecule has 2 rings (SSSR count). The van der Waals surface area contributed by atoms with Crippen molar-refractivity contribution in [2.75, 3.05) is 13.6 Å². The van der Waals surface area contributed by atoms with E-state index in [1.165, 1.54) is 12.8 Å². The van der Waals surface area contributed by atoms with Crippen LogP contribution in [0, 0.1) is 0 Å². The highest BCUT2D eigenvalue weighted by Crippen LogP contribution is 2.36. The first-order valence-electron chi connectivity index (χ1n) is 4.12. The summed E-state index contributed by atoms with van der Waals surface area (Å²) in [6, 6.07) is 2.27. The van der Waals surface area contributed by atoms with Crippen LogP contribution >= 0.6 is 11.3 Å². The molecule has 0 saturated heterocycles. The molecule has 1 nitrogen and oxygen atoms in total. The zero-order chi connectivity index (χ0) is 7.68. The van der Waals surface area contributed by atoms with Gasteiger partial charge in [0.2, 0.25) is 0 Å². The van der Waals surface area contributed by atoms with Crippen LogP contribution in [0.2, 0.25) is 0 Å². The predicted molar refractivity (Wildman–Crippen MR) is 49.3 cm³/mol. The average molecular weight is 167 g/mol. The molecule has 1 heterocycles. The van der Waals surface area contributed by atoms with Gasteiger partial charge in [0.1, 0.15) is 0 Å². The molecule has 0 bridgehead atoms. The number of hydrogen-bond donors (Lipinski definition) is 1. The highest BCUT2D eigenvalue weighted by atomic mass is 32.1. The summed E-state index contributed by atoms with van der Waals surface area (Å²) < 4.78 is 0. The maximum absolute atomic E-state index is 3.25. The minimum Gasteiger partial charge on any atom is -0.319 e. The maximum Gasteiger partial charge on any atom is 0.0121 e. The lowest BCUT2D eigenvalue weighted by molar-refractivity contribution is 0.629. The lowest BCUT2D eigenvalue weighted by atomic mass is 10.1. The lowest BCUT2D eigenvalue weighted by Crippen LogP contribution is -2.14. The van der Waals surface area contributed by atoms with Crippen LogP contribution in [0.25, 0.3) is 0 Å². The molecule has 1 aliphatic carbocycles. The Kier molecular flexibility index (Phi) is 1.96. The van der Waals surface area contributed by atoms with Gasteiger partial charge >= 0.3 is 0 Å². The number of thiophene rings is 1. The van der Waals surface area contributed by atoms with Gasteiger partial charge in [0.15, 0.2) is 0 Å². The van der Waals surface area contributed by atoms with Crippen LogP contribution in [0.1, 0.15) is 22.8 Å². The van der Waals surface area contributed by atoms with E-state index in [0.717, 1.165) is 12.5 Å². The molecule has 11 heavy (non-hydrogen) atoms. The Morgan fingerprint density at radius 1 is 1.73 bits per heavy atom. The van der Waals surface area contributed by atoms with Crippen molar-refractivity contribution in [2.24, 2.45) is 0 Å². The van der Waals surface area contributed by atoms with Gasteiger partial charge in [-0.25, -0.2) is 0 Å². The van der Waals surface area contributed by atoms with Crippen molar-refractivity contribution >= 4 is 11.3 Å². The van der Waals surface area contributed by atoms with Crippen LogP contribution in [-0.2, 0) is 6.42 Å². The minimum absolute atomic E-state index is 0.801. The van der Waals surface area contributed by atoms with E-state index in [4.69, 9.17) is 0 Å². The molecule has 1 aliphatic rings. The van der Waals surface area contributed by atoms with Crippen LogP contribution in [0.5, 0.6) is 0 Å². The quantitative estimate of drug-likeness (QED) is 0.710. The molecule has 1 N–H and O–H groups in total. The normalized spacial score (nSPS) is 22.1. The first-order chi connectivity index (χ1) is 5.42. The molecule has 0 radical (unpaired) electrons. The highest BCUT2D eigenvalue weighted by molar-refractivity contribution is 7.10. The van der Waals surface area contributed by atoms with E-state index in [1.807, 2.05) is 18.4 Å². The Balaban J connectivity index is 2.18. The second kappa shape index (κ2) is 2.95. The van der Waals surface area contributed by atoms with Crippen molar-refractivity contribution in [3.63, 3.8) is 0 Å². The van der Waals surface area contributed by atoms with Crippen molar-refractivity contribution in [3.8, 4) is 0 Å². The van der Waals surface area contributed by atoms with Gasteiger partial charge in [-0.3, -0.25) is 0 Å². The Bertz CT molecular complexity index is 241. The number of rotatable bonds is 2. The maximum atomic E-state index is 3.25. The largest absolute Gasteiger partial charge is 0.319 e. The van der Waals surface area contributed by atoms with E-state index >= 15 is 0 Å². The number of hydrogen-bond acceptors (Lipinski definition) is 2. The zero-order valence-corrected chi connectivity index (χ0v) is 7.58. The molecule has 0 amide bonds. The summed E-state index contributed by atoms with van der Waals surface area (Å²) in [5.41, 5.74) is 1.59. The first-order valence-corrected chi connectivity index (χ1v) is 5.00. The third-order valence-corrected chi connectivity index (χ3v) is 3.49. The van der Waals surface area contributed by atoms with Gasteiger partial charge in [0.05, 0.1) is 0 Å². The van der Waals surface area contributed by atoms with Gasteiger partial charge in [0.25, 0.3) is 0 Å². The summed E-state index contributed by atoms with van der Waals surface area (Å²) in [5.74, 6) is 0.801. The van der Waals surface area contributed by atoms with E-state index in [2.05, 4.69) is 16.8 Å². The first kappa shape index (κ1) is 7.32. The molecule has 0 saturated carbocycles. The van der Waals surface area contributed by atoms with Crippen LogP contribution in [-0.4, -0.2) is 13.6 Å². The SMILES string of the molecule is CNC[C@@H]1CCc2ccsc21. The number of fused-ring (bicyclic) bond motifs is 1. The fourth-order valence-electron chi connectivity index (χ4n) is 1.81. The van der Waals surface area contributed by atoms with Gasteiger partial charge < -0.3 is 5.32 Å². The monoisotopic (exact) mass is 167 g/mol. The van der Waals surface area contributed by atoms with Gasteiger partial charge in [0, 0.05) is 17.3 Å². The second-order valence-electron chi connectivity index (χ2n) is 3.10. The summed E-state index contributed by atoms with van der Waals surface area (Å²) in [5, 5.41) is 5.46. The molecule has 0 unspecified atom stereocenters. The molecule has 2 heteroatoms. The van der Waals surface area contributed by atoms with E-state index in [0.29, 0.717) is 0 Å². The van der Waals surface area contributed by atoms with Gasteiger partial charge in [-0.1, -0.05) is 0 Å². The predicted octanol–water partition coefficient (Wildman–Crippen LogP) is 2.00. The molecule has 1 aromatic heterocycles. The van der Waals surface area contributed by atoms with Gasteiger partial charge in [-0.15, -0.1) is 11.3 Å². The summed E-state index contributed by atoms with van der Waals surface area (Å²) in [4.78, 5) is 1.62. The van der Waals surface area contributed by atoms with E-state index < -0.39 is 0 Å². The van der Waals surface area contributed by atoms with Crippen LogP contribution < -0.4 is 5.32 Å². The molecule has 1 atom stereocenters. The van der Waals surface area contributed by atoms with Gasteiger partial charge in [-0.2, -0.15) is 0 Å². The van der Waals surface area contributed by atoms with E-state index in [-0.39, 0.29) is 0 Å². The topological polar surface area (TPSA) is 12.0 Å². The van der Waals surface area contributed by atoms with E-state index in [1.54, 1.807) is 10.4 Å². The molecule has 0 aromatic carbocycles. The van der Waals surface area contributed by atoms with Crippen molar-refractivity contribution < 1.29 is 0 Å². The van der Waals surface area contributed by atoms with Crippen molar-refractivity contribution in [1.82, 2.24) is 5.32 Å².